The third kappa shape index (κ3) is 9.11. The van der Waals surface area contributed by atoms with E-state index in [-0.39, 0.29) is 17.2 Å². The number of hydrogen-bond donors (Lipinski definition) is 5. The van der Waals surface area contributed by atoms with E-state index in [4.69, 9.17) is 25.4 Å². The van der Waals surface area contributed by atoms with Crippen molar-refractivity contribution in [2.75, 3.05) is 45.6 Å². The van der Waals surface area contributed by atoms with Crippen LogP contribution in [0, 0.1) is 10.1 Å². The third-order valence-corrected chi connectivity index (χ3v) is 7.02. The molecule has 14 heteroatoms. The molecule has 2 aromatic carbocycles. The van der Waals surface area contributed by atoms with Crippen molar-refractivity contribution in [3.05, 3.63) is 46.5 Å². The van der Waals surface area contributed by atoms with Crippen LogP contribution in [0.2, 0.25) is 0 Å². The molecule has 0 unspecified atom stereocenters. The number of benzene rings is 2. The minimum atomic E-state index is -0.999. The lowest BCUT2D eigenvalue weighted by molar-refractivity contribution is -0.388. The number of nitrogens with two attached hydrogens (primary N) is 1. The van der Waals surface area contributed by atoms with Crippen molar-refractivity contribution >= 4 is 46.8 Å². The first-order chi connectivity index (χ1) is 17.1. The molecule has 0 bridgehead atoms. The fraction of sp³-hybridized carbons (Fsp3) is 0.364. The van der Waals surface area contributed by atoms with E-state index >= 15 is 0 Å². The third-order valence-electron chi connectivity index (χ3n) is 4.71. The first kappa shape index (κ1) is 30.8. The van der Waals surface area contributed by atoms with Gasteiger partial charge >= 0.3 is 17.6 Å². The summed E-state index contributed by atoms with van der Waals surface area (Å²) in [6.45, 7) is 0. The number of rotatable bonds is 13. The van der Waals surface area contributed by atoms with Crippen LogP contribution in [0.5, 0.6) is 11.5 Å². The Morgan fingerprint density at radius 2 is 1.39 bits per heavy atom. The number of carboxylic acid groups (broad SMARTS) is 2. The highest BCUT2D eigenvalue weighted by Crippen LogP contribution is 2.37. The van der Waals surface area contributed by atoms with Gasteiger partial charge in [0.2, 0.25) is 0 Å². The highest BCUT2D eigenvalue weighted by molar-refractivity contribution is 7.99. The number of likely N-dealkylation sites (N-methyl/N-ethyl adjacent to an activating group) is 2. The topological polar surface area (TPSA) is 186 Å². The van der Waals surface area contributed by atoms with E-state index < -0.39 is 28.9 Å². The lowest BCUT2D eigenvalue weighted by Crippen LogP contribution is -2.35. The predicted molar refractivity (Wildman–Crippen MR) is 139 cm³/mol. The van der Waals surface area contributed by atoms with Gasteiger partial charge in [0.15, 0.2) is 5.75 Å². The smallest absolute Gasteiger partial charge is 0.324 e. The van der Waals surface area contributed by atoms with Crippen molar-refractivity contribution < 1.29 is 34.2 Å². The number of nitrogen functional groups attached to an aromatic ring is 1. The molecule has 12 nitrogen and oxygen atoms in total. The molecule has 0 amide bonds. The highest BCUT2D eigenvalue weighted by atomic mass is 32.2. The first-order valence-corrected chi connectivity index (χ1v) is 12.4. The summed E-state index contributed by atoms with van der Waals surface area (Å²) in [5, 5.41) is 34.2. The quantitative estimate of drug-likeness (QED) is 0.108. The average molecular weight is 543 g/mol. The van der Waals surface area contributed by atoms with Crippen LogP contribution in [0.15, 0.2) is 46.2 Å². The molecule has 0 heterocycles. The Labute approximate surface area is 217 Å². The molecule has 198 valence electrons. The number of thioether (sulfide) groups is 2. The Bertz CT molecular complexity index is 1040. The van der Waals surface area contributed by atoms with Gasteiger partial charge in [-0.2, -0.15) is 0 Å². The van der Waals surface area contributed by atoms with Crippen LogP contribution in [0.3, 0.4) is 0 Å². The molecular formula is C22H30N4O8S2. The summed E-state index contributed by atoms with van der Waals surface area (Å²) in [6.07, 6.45) is 0. The van der Waals surface area contributed by atoms with E-state index in [0.29, 0.717) is 22.1 Å². The van der Waals surface area contributed by atoms with Crippen molar-refractivity contribution in [1.82, 2.24) is 10.6 Å². The number of para-hydroxylation sites is 2. The molecule has 0 aliphatic rings. The van der Waals surface area contributed by atoms with Crippen molar-refractivity contribution in [2.45, 2.75) is 21.9 Å². The van der Waals surface area contributed by atoms with E-state index in [1.165, 1.54) is 32.0 Å². The van der Waals surface area contributed by atoms with Crippen LogP contribution in [0.4, 0.5) is 11.4 Å². The molecule has 36 heavy (non-hydrogen) atoms. The van der Waals surface area contributed by atoms with Crippen LogP contribution in [0.25, 0.3) is 0 Å². The van der Waals surface area contributed by atoms with Gasteiger partial charge < -0.3 is 36.1 Å². The van der Waals surface area contributed by atoms with E-state index in [2.05, 4.69) is 10.6 Å². The van der Waals surface area contributed by atoms with Crippen molar-refractivity contribution in [2.24, 2.45) is 0 Å². The molecule has 2 atom stereocenters. The summed E-state index contributed by atoms with van der Waals surface area (Å²) in [4.78, 5) is 33.4. The molecule has 0 saturated carbocycles. The van der Waals surface area contributed by atoms with Gasteiger partial charge in [-0.3, -0.25) is 19.7 Å². The zero-order valence-corrected chi connectivity index (χ0v) is 21.9. The molecule has 2 aromatic rings. The standard InChI is InChI=1S/C11H14N2O5S.C11H16N2O3S/c1-12-7(11(14)15)6-19-9-5-3-4-8(18-2)10(9)13(16)17;1-13-7(11(14)15)6-17-9-5-3-4-8(16-2)10(9)12/h3-5,7,12H,6H2,1-2H3,(H,14,15);3-5,7,13H,6,12H2,1-2H3,(H,14,15)/t2*7-/m00/s1. The first-order valence-electron chi connectivity index (χ1n) is 10.4. The maximum Gasteiger partial charge on any atom is 0.324 e. The summed E-state index contributed by atoms with van der Waals surface area (Å²) < 4.78 is 10.0. The summed E-state index contributed by atoms with van der Waals surface area (Å²) >= 11 is 2.49. The molecule has 0 fully saturated rings. The Morgan fingerprint density at radius 1 is 0.944 bits per heavy atom. The van der Waals surface area contributed by atoms with Gasteiger partial charge in [-0.05, 0) is 38.4 Å². The highest BCUT2D eigenvalue weighted by Gasteiger charge is 2.23. The molecule has 0 spiro atoms. The van der Waals surface area contributed by atoms with Gasteiger partial charge in [-0.25, -0.2) is 0 Å². The number of carboxylic acids is 2. The predicted octanol–water partition coefficient (Wildman–Crippen LogP) is 2.41. The second-order valence-electron chi connectivity index (χ2n) is 6.92. The molecule has 2 rings (SSSR count). The molecular weight excluding hydrogens is 512 g/mol. The number of ether oxygens (including phenoxy) is 2. The van der Waals surface area contributed by atoms with Gasteiger partial charge in [-0.1, -0.05) is 12.1 Å². The average Bonchev–Trinajstić information content (AvgIpc) is 2.85. The number of carbonyl (C=O) groups is 2. The lowest BCUT2D eigenvalue weighted by Gasteiger charge is -2.13. The number of aliphatic carboxylic acids is 2. The molecule has 0 aliphatic heterocycles. The number of nitrogens with one attached hydrogen (secondary N) is 2. The molecule has 0 aromatic heterocycles. The summed E-state index contributed by atoms with van der Waals surface area (Å²) in [7, 11) is 6.05. The zero-order chi connectivity index (χ0) is 27.3. The van der Waals surface area contributed by atoms with Crippen molar-refractivity contribution in [3.8, 4) is 11.5 Å². The Hall–Kier alpha value is -3.20. The number of nitrogens with zero attached hydrogens (tertiary/aromatic N) is 1. The minimum absolute atomic E-state index is 0.143. The number of hydrogen-bond acceptors (Lipinski definition) is 11. The van der Waals surface area contributed by atoms with Crippen LogP contribution in [-0.4, -0.2) is 79.0 Å². The van der Waals surface area contributed by atoms with Gasteiger partial charge in [0.1, 0.15) is 17.8 Å². The van der Waals surface area contributed by atoms with Crippen LogP contribution in [0.1, 0.15) is 0 Å². The summed E-state index contributed by atoms with van der Waals surface area (Å²) in [6, 6.07) is 8.77. The Kier molecular flexibility index (Phi) is 13.5. The maximum absolute atomic E-state index is 11.0. The van der Waals surface area contributed by atoms with Gasteiger partial charge in [0.05, 0.1) is 29.7 Å². The van der Waals surface area contributed by atoms with E-state index in [1.807, 2.05) is 12.1 Å². The van der Waals surface area contributed by atoms with Gasteiger partial charge in [0, 0.05) is 16.4 Å². The second kappa shape index (κ2) is 15.7. The number of nitro groups is 1. The van der Waals surface area contributed by atoms with Gasteiger partial charge in [0.25, 0.3) is 0 Å². The normalized spacial score (nSPS) is 12.0. The molecule has 6 N–H and O–H groups in total. The fourth-order valence-electron chi connectivity index (χ4n) is 2.69. The van der Waals surface area contributed by atoms with Crippen LogP contribution < -0.4 is 25.8 Å². The molecule has 0 aliphatic carbocycles. The molecule has 0 radical (unpaired) electrons. The van der Waals surface area contributed by atoms with Crippen LogP contribution >= 0.6 is 23.5 Å². The van der Waals surface area contributed by atoms with Crippen molar-refractivity contribution in [1.29, 1.82) is 0 Å². The van der Waals surface area contributed by atoms with Crippen LogP contribution in [-0.2, 0) is 9.59 Å². The SMILES string of the molecule is CN[C@@H](CSc1cccc(OC)c1N)C(=O)O.CN[C@@H](CSc1cccc(OC)c1[N+](=O)[O-])C(=O)O. The van der Waals surface area contributed by atoms with E-state index in [1.54, 1.807) is 32.4 Å². The number of nitro benzene ring substituents is 1. The van der Waals surface area contributed by atoms with E-state index in [0.717, 1.165) is 16.7 Å². The monoisotopic (exact) mass is 542 g/mol. The zero-order valence-electron chi connectivity index (χ0n) is 20.2. The number of anilines is 1. The van der Waals surface area contributed by atoms with E-state index in [9.17, 15) is 19.7 Å². The fourth-order valence-corrected chi connectivity index (χ4v) is 4.92. The summed E-state index contributed by atoms with van der Waals surface area (Å²) in [5.41, 5.74) is 6.28. The van der Waals surface area contributed by atoms with Gasteiger partial charge in [-0.15, -0.1) is 23.5 Å². The largest absolute Gasteiger partial charge is 0.495 e. The maximum atomic E-state index is 11.0. The Balaban J connectivity index is 0.000000362. The Morgan fingerprint density at radius 3 is 1.81 bits per heavy atom. The molecule has 0 saturated heterocycles. The minimum Gasteiger partial charge on any atom is -0.495 e. The second-order valence-corrected chi connectivity index (χ2v) is 9.04. The number of methoxy groups -OCH3 is 2. The van der Waals surface area contributed by atoms with Crippen molar-refractivity contribution in [3.63, 3.8) is 0 Å². The lowest BCUT2D eigenvalue weighted by atomic mass is 10.3. The summed E-state index contributed by atoms with van der Waals surface area (Å²) in [5.74, 6) is -0.525.